The number of para-hydroxylation sites is 2. The molecule has 0 aliphatic carbocycles. The van der Waals surface area contributed by atoms with Crippen LogP contribution in [0.1, 0.15) is 0 Å². The van der Waals surface area contributed by atoms with Crippen LogP contribution in [0.5, 0.6) is 0 Å². The van der Waals surface area contributed by atoms with Crippen LogP contribution in [-0.2, 0) is 7.05 Å². The molecule has 0 amide bonds. The van der Waals surface area contributed by atoms with E-state index >= 15 is 0 Å². The van der Waals surface area contributed by atoms with E-state index in [-0.39, 0.29) is 0 Å². The number of nitrogens with zero attached hydrogens (tertiary/aromatic N) is 6. The number of pyridine rings is 1. The Hall–Kier alpha value is -5.88. The molecule has 0 saturated heterocycles. The summed E-state index contributed by atoms with van der Waals surface area (Å²) in [6, 6.07) is 45.2. The zero-order valence-corrected chi connectivity index (χ0v) is 25.1. The minimum Gasteiger partial charge on any atom is -0.355 e. The minimum atomic E-state index is 0.803. The van der Waals surface area contributed by atoms with Crippen LogP contribution < -0.4 is 9.80 Å². The van der Waals surface area contributed by atoms with Crippen molar-refractivity contribution in [2.75, 3.05) is 23.5 Å². The molecule has 45 heavy (non-hydrogen) atoms. The third-order valence-corrected chi connectivity index (χ3v) is 9.11. The van der Waals surface area contributed by atoms with E-state index < -0.39 is 0 Å². The number of aromatic nitrogens is 4. The summed E-state index contributed by atoms with van der Waals surface area (Å²) in [7, 11) is 4.25. The molecule has 0 unspecified atom stereocenters. The molecule has 0 spiro atoms. The first-order chi connectivity index (χ1) is 22.1. The standard InChI is InChI=1S/C39H30N6/c1-42-25-44(35-16-7-6-15-34(35)42)29-12-8-13-30(24-29)45-36-23-28(17-19-31(36)32-14-9-21-40-39(32)45)38-41-33-20-18-27(22-37(33)43(38)2)26-10-4-3-5-11-26/h3-24H,25H2,1-2H3. The Bertz CT molecular complexity index is 2400. The van der Waals surface area contributed by atoms with Gasteiger partial charge >= 0.3 is 0 Å². The van der Waals surface area contributed by atoms with E-state index in [4.69, 9.17) is 9.97 Å². The van der Waals surface area contributed by atoms with Gasteiger partial charge in [-0.25, -0.2) is 9.97 Å². The van der Waals surface area contributed by atoms with Crippen LogP contribution in [0.25, 0.3) is 61.2 Å². The zero-order chi connectivity index (χ0) is 30.1. The topological polar surface area (TPSA) is 42.1 Å². The highest BCUT2D eigenvalue weighted by atomic mass is 15.4. The molecular weight excluding hydrogens is 552 g/mol. The average Bonchev–Trinajstić information content (AvgIpc) is 3.73. The van der Waals surface area contributed by atoms with Gasteiger partial charge in [-0.2, -0.15) is 0 Å². The van der Waals surface area contributed by atoms with Gasteiger partial charge in [-0.05, 0) is 71.8 Å². The molecule has 0 atom stereocenters. The molecule has 0 bridgehead atoms. The molecule has 3 aromatic heterocycles. The molecule has 8 aromatic rings. The van der Waals surface area contributed by atoms with E-state index in [1.54, 1.807) is 0 Å². The van der Waals surface area contributed by atoms with Crippen molar-refractivity contribution in [3.63, 3.8) is 0 Å². The Morgan fingerprint density at radius 3 is 2.24 bits per heavy atom. The van der Waals surface area contributed by atoms with E-state index in [2.05, 4.69) is 154 Å². The van der Waals surface area contributed by atoms with Gasteiger partial charge in [0, 0.05) is 48.0 Å². The summed E-state index contributed by atoms with van der Waals surface area (Å²) in [5.74, 6) is 0.937. The number of rotatable bonds is 4. The van der Waals surface area contributed by atoms with Crippen molar-refractivity contribution in [3.05, 3.63) is 134 Å². The van der Waals surface area contributed by atoms with Gasteiger partial charge in [-0.15, -0.1) is 0 Å². The fraction of sp³-hybridized carbons (Fsp3) is 0.0769. The Labute approximate surface area is 261 Å². The number of aryl methyl sites for hydroxylation is 1. The van der Waals surface area contributed by atoms with Crippen molar-refractivity contribution in [3.8, 4) is 28.2 Å². The average molecular weight is 583 g/mol. The van der Waals surface area contributed by atoms with Crippen molar-refractivity contribution in [2.45, 2.75) is 0 Å². The molecule has 5 aromatic carbocycles. The largest absolute Gasteiger partial charge is 0.355 e. The third kappa shape index (κ3) is 3.96. The summed E-state index contributed by atoms with van der Waals surface area (Å²) < 4.78 is 4.50. The SMILES string of the molecule is CN1CN(c2cccc(-n3c4cc(-c5nc6ccc(-c7ccccc7)cc6n5C)ccc4c4cccnc43)c2)c2ccccc21. The second-order valence-electron chi connectivity index (χ2n) is 11.8. The fourth-order valence-corrected chi connectivity index (χ4v) is 6.90. The van der Waals surface area contributed by atoms with Crippen LogP contribution in [0, 0.1) is 0 Å². The van der Waals surface area contributed by atoms with Crippen LogP contribution in [0.15, 0.2) is 134 Å². The first-order valence-corrected chi connectivity index (χ1v) is 15.2. The number of hydrogen-bond acceptors (Lipinski definition) is 4. The van der Waals surface area contributed by atoms with Crippen LogP contribution in [0.3, 0.4) is 0 Å². The number of imidazole rings is 1. The molecule has 0 fully saturated rings. The van der Waals surface area contributed by atoms with Crippen LogP contribution >= 0.6 is 0 Å². The number of hydrogen-bond donors (Lipinski definition) is 0. The van der Waals surface area contributed by atoms with E-state index in [0.29, 0.717) is 0 Å². The first-order valence-electron chi connectivity index (χ1n) is 15.2. The maximum Gasteiger partial charge on any atom is 0.145 e. The second kappa shape index (κ2) is 9.82. The summed E-state index contributed by atoms with van der Waals surface area (Å²) in [6.07, 6.45) is 1.88. The molecule has 1 aliphatic heterocycles. The lowest BCUT2D eigenvalue weighted by atomic mass is 10.1. The van der Waals surface area contributed by atoms with Gasteiger partial charge in [-0.1, -0.05) is 66.7 Å². The van der Waals surface area contributed by atoms with Crippen molar-refractivity contribution < 1.29 is 0 Å². The maximum atomic E-state index is 5.10. The molecule has 4 heterocycles. The Kier molecular flexibility index (Phi) is 5.59. The summed E-state index contributed by atoms with van der Waals surface area (Å²) in [4.78, 5) is 14.6. The minimum absolute atomic E-state index is 0.803. The smallest absolute Gasteiger partial charge is 0.145 e. The van der Waals surface area contributed by atoms with Crippen molar-refractivity contribution in [1.82, 2.24) is 19.1 Å². The predicted molar refractivity (Wildman–Crippen MR) is 186 cm³/mol. The molecule has 0 saturated carbocycles. The summed E-state index contributed by atoms with van der Waals surface area (Å²) in [5, 5.41) is 2.30. The van der Waals surface area contributed by atoms with Crippen LogP contribution in [0.2, 0.25) is 0 Å². The number of fused-ring (bicyclic) bond motifs is 5. The van der Waals surface area contributed by atoms with Gasteiger partial charge in [0.25, 0.3) is 0 Å². The van der Waals surface area contributed by atoms with Gasteiger partial charge in [0.2, 0.25) is 0 Å². The van der Waals surface area contributed by atoms with Gasteiger partial charge in [-0.3, -0.25) is 4.57 Å². The van der Waals surface area contributed by atoms with Gasteiger partial charge < -0.3 is 14.4 Å². The lowest BCUT2D eigenvalue weighted by molar-refractivity contribution is 0.948. The zero-order valence-electron chi connectivity index (χ0n) is 25.1. The molecule has 6 heteroatoms. The molecule has 0 N–H and O–H groups in total. The van der Waals surface area contributed by atoms with Crippen LogP contribution in [-0.4, -0.2) is 32.8 Å². The summed E-state index contributed by atoms with van der Waals surface area (Å²) >= 11 is 0. The lowest BCUT2D eigenvalue weighted by Gasteiger charge is -2.20. The summed E-state index contributed by atoms with van der Waals surface area (Å²) in [6.45, 7) is 0.803. The highest BCUT2D eigenvalue weighted by molar-refractivity contribution is 6.09. The highest BCUT2D eigenvalue weighted by Gasteiger charge is 2.24. The van der Waals surface area contributed by atoms with E-state index in [9.17, 15) is 0 Å². The van der Waals surface area contributed by atoms with Gasteiger partial charge in [0.1, 0.15) is 11.5 Å². The lowest BCUT2D eigenvalue weighted by Crippen LogP contribution is -2.24. The number of benzene rings is 5. The third-order valence-electron chi connectivity index (χ3n) is 9.11. The second-order valence-corrected chi connectivity index (χ2v) is 11.8. The van der Waals surface area contributed by atoms with Crippen molar-refractivity contribution >= 4 is 50.0 Å². The normalized spacial score (nSPS) is 12.9. The Morgan fingerprint density at radius 1 is 0.578 bits per heavy atom. The molecule has 0 radical (unpaired) electrons. The van der Waals surface area contributed by atoms with Crippen LogP contribution in [0.4, 0.5) is 17.1 Å². The van der Waals surface area contributed by atoms with E-state index in [1.165, 1.54) is 27.9 Å². The van der Waals surface area contributed by atoms with Gasteiger partial charge in [0.05, 0.1) is 34.6 Å². The predicted octanol–water partition coefficient (Wildman–Crippen LogP) is 8.94. The first kappa shape index (κ1) is 25.6. The molecule has 216 valence electrons. The fourth-order valence-electron chi connectivity index (χ4n) is 6.90. The quantitative estimate of drug-likeness (QED) is 0.208. The highest BCUT2D eigenvalue weighted by Crippen LogP contribution is 2.41. The Balaban J connectivity index is 1.20. The monoisotopic (exact) mass is 582 g/mol. The molecule has 6 nitrogen and oxygen atoms in total. The van der Waals surface area contributed by atoms with Crippen molar-refractivity contribution in [2.24, 2.45) is 7.05 Å². The summed E-state index contributed by atoms with van der Waals surface area (Å²) in [5.41, 5.74) is 12.3. The maximum absolute atomic E-state index is 5.10. The number of anilines is 3. The molecular formula is C39H30N6. The molecule has 1 aliphatic rings. The van der Waals surface area contributed by atoms with E-state index in [0.717, 1.165) is 57.0 Å². The Morgan fingerprint density at radius 2 is 1.36 bits per heavy atom. The molecule has 9 rings (SSSR count). The van der Waals surface area contributed by atoms with E-state index in [1.807, 2.05) is 12.3 Å². The van der Waals surface area contributed by atoms with Crippen molar-refractivity contribution in [1.29, 1.82) is 0 Å². The van der Waals surface area contributed by atoms with Gasteiger partial charge in [0.15, 0.2) is 0 Å².